The number of H-pyrrole nitrogens is 1. The predicted molar refractivity (Wildman–Crippen MR) is 145 cm³/mol. The Hall–Kier alpha value is -5.02. The van der Waals surface area contributed by atoms with Crippen LogP contribution >= 0.6 is 11.6 Å². The van der Waals surface area contributed by atoms with Gasteiger partial charge in [0.15, 0.2) is 0 Å². The van der Waals surface area contributed by atoms with Gasteiger partial charge < -0.3 is 20.9 Å². The molecule has 9 nitrogen and oxygen atoms in total. The van der Waals surface area contributed by atoms with E-state index in [9.17, 15) is 9.59 Å². The first-order valence-corrected chi connectivity index (χ1v) is 11.5. The Morgan fingerprint density at radius 3 is 2.54 bits per heavy atom. The van der Waals surface area contributed by atoms with E-state index in [4.69, 9.17) is 11.6 Å². The molecule has 5 aromatic rings. The van der Waals surface area contributed by atoms with Crippen LogP contribution < -0.4 is 16.0 Å². The van der Waals surface area contributed by atoms with E-state index in [1.54, 1.807) is 48.7 Å². The van der Waals surface area contributed by atoms with E-state index in [0.717, 1.165) is 16.6 Å². The molecular weight excluding hydrogens is 490 g/mol. The van der Waals surface area contributed by atoms with Crippen molar-refractivity contribution in [2.75, 3.05) is 16.0 Å². The van der Waals surface area contributed by atoms with Gasteiger partial charge in [-0.15, -0.1) is 0 Å². The van der Waals surface area contributed by atoms with Gasteiger partial charge in [0.25, 0.3) is 5.91 Å². The fraction of sp³-hybridized carbons (Fsp3) is 0. The fourth-order valence-electron chi connectivity index (χ4n) is 3.60. The number of aromatic nitrogens is 4. The van der Waals surface area contributed by atoms with Gasteiger partial charge in [0.05, 0.1) is 16.9 Å². The Bertz CT molecular complexity index is 1630. The maximum Gasteiger partial charge on any atom is 0.255 e. The van der Waals surface area contributed by atoms with Crippen LogP contribution in [0.25, 0.3) is 22.3 Å². The predicted octanol–water partition coefficient (Wildman–Crippen LogP) is 5.79. The minimum absolute atomic E-state index is 0.295. The number of carbonyl (C=O) groups excluding carboxylic acids is 2. The number of rotatable bonds is 7. The molecule has 10 heteroatoms. The maximum atomic E-state index is 12.7. The van der Waals surface area contributed by atoms with Crippen LogP contribution in [0.1, 0.15) is 10.4 Å². The molecule has 0 fully saturated rings. The second kappa shape index (κ2) is 10.3. The molecule has 0 bridgehead atoms. The minimum Gasteiger partial charge on any atom is -0.346 e. The number of hydrogen-bond donors (Lipinski definition) is 4. The summed E-state index contributed by atoms with van der Waals surface area (Å²) >= 11 is 6.38. The van der Waals surface area contributed by atoms with Crippen molar-refractivity contribution in [3.05, 3.63) is 102 Å². The van der Waals surface area contributed by atoms with Crippen molar-refractivity contribution in [3.8, 4) is 11.3 Å². The smallest absolute Gasteiger partial charge is 0.255 e. The number of benzene rings is 2. The van der Waals surface area contributed by atoms with E-state index in [1.807, 2.05) is 24.4 Å². The first-order valence-electron chi connectivity index (χ1n) is 11.2. The summed E-state index contributed by atoms with van der Waals surface area (Å²) < 4.78 is 0. The number of anilines is 4. The molecule has 4 N–H and O–H groups in total. The molecule has 2 amide bonds. The SMILES string of the molecule is C=CC(=O)Nc1ccc(C(=O)Nc2cccc(Nc3ncc(Cl)c(-c4cnc5[nH]ccc5c4)n3)c2)cc1. The number of pyridine rings is 1. The Balaban J connectivity index is 1.30. The van der Waals surface area contributed by atoms with Gasteiger partial charge in [0.2, 0.25) is 11.9 Å². The van der Waals surface area contributed by atoms with Crippen molar-refractivity contribution in [1.29, 1.82) is 0 Å². The monoisotopic (exact) mass is 509 g/mol. The topological polar surface area (TPSA) is 125 Å². The summed E-state index contributed by atoms with van der Waals surface area (Å²) in [6, 6.07) is 17.6. The zero-order valence-electron chi connectivity index (χ0n) is 19.3. The second-order valence-corrected chi connectivity index (χ2v) is 8.37. The van der Waals surface area contributed by atoms with Crippen LogP contribution in [0.5, 0.6) is 0 Å². The molecule has 182 valence electrons. The van der Waals surface area contributed by atoms with Crippen LogP contribution in [0, 0.1) is 0 Å². The normalized spacial score (nSPS) is 10.6. The summed E-state index contributed by atoms with van der Waals surface area (Å²) in [5, 5.41) is 10.00. The summed E-state index contributed by atoms with van der Waals surface area (Å²) in [5.74, 6) is -0.276. The van der Waals surface area contributed by atoms with Crippen LogP contribution in [0.4, 0.5) is 23.0 Å². The van der Waals surface area contributed by atoms with Gasteiger partial charge >= 0.3 is 0 Å². The molecule has 2 aromatic carbocycles. The molecule has 0 unspecified atom stereocenters. The van der Waals surface area contributed by atoms with Crippen LogP contribution in [-0.2, 0) is 4.79 Å². The largest absolute Gasteiger partial charge is 0.346 e. The molecule has 3 aromatic heterocycles. The molecule has 0 radical (unpaired) electrons. The van der Waals surface area contributed by atoms with E-state index < -0.39 is 0 Å². The summed E-state index contributed by atoms with van der Waals surface area (Å²) in [6.07, 6.45) is 6.23. The molecule has 0 saturated heterocycles. The van der Waals surface area contributed by atoms with Gasteiger partial charge in [-0.2, -0.15) is 0 Å². The number of amides is 2. The van der Waals surface area contributed by atoms with Crippen molar-refractivity contribution in [1.82, 2.24) is 19.9 Å². The number of aromatic amines is 1. The second-order valence-electron chi connectivity index (χ2n) is 7.96. The first-order chi connectivity index (χ1) is 18.0. The first kappa shape index (κ1) is 23.7. The Morgan fingerprint density at radius 1 is 0.919 bits per heavy atom. The lowest BCUT2D eigenvalue weighted by atomic mass is 10.1. The molecule has 5 rings (SSSR count). The number of nitrogens with one attached hydrogen (secondary N) is 4. The number of fused-ring (bicyclic) bond motifs is 1. The van der Waals surface area contributed by atoms with Gasteiger partial charge in [-0.1, -0.05) is 24.2 Å². The number of nitrogens with zero attached hydrogens (tertiary/aromatic N) is 3. The highest BCUT2D eigenvalue weighted by molar-refractivity contribution is 6.33. The van der Waals surface area contributed by atoms with Crippen molar-refractivity contribution in [2.45, 2.75) is 0 Å². The van der Waals surface area contributed by atoms with E-state index in [0.29, 0.717) is 39.3 Å². The summed E-state index contributed by atoms with van der Waals surface area (Å²) in [7, 11) is 0. The van der Waals surface area contributed by atoms with Crippen molar-refractivity contribution >= 4 is 57.5 Å². The van der Waals surface area contributed by atoms with Gasteiger partial charge in [-0.05, 0) is 60.7 Å². The Kier molecular flexibility index (Phi) is 6.60. The van der Waals surface area contributed by atoms with Crippen molar-refractivity contribution in [2.24, 2.45) is 0 Å². The van der Waals surface area contributed by atoms with Crippen LogP contribution in [0.3, 0.4) is 0 Å². The van der Waals surface area contributed by atoms with Gasteiger partial charge in [-0.3, -0.25) is 9.59 Å². The highest BCUT2D eigenvalue weighted by Gasteiger charge is 2.11. The van der Waals surface area contributed by atoms with Crippen LogP contribution in [0.15, 0.2) is 91.9 Å². The minimum atomic E-state index is -0.322. The zero-order chi connectivity index (χ0) is 25.8. The van der Waals surface area contributed by atoms with Gasteiger partial charge in [0.1, 0.15) is 5.65 Å². The van der Waals surface area contributed by atoms with Gasteiger partial charge in [0, 0.05) is 46.0 Å². The summed E-state index contributed by atoms with van der Waals surface area (Å²) in [4.78, 5) is 40.4. The van der Waals surface area contributed by atoms with E-state index >= 15 is 0 Å². The molecule has 0 aliphatic carbocycles. The third-order valence-corrected chi connectivity index (χ3v) is 5.67. The van der Waals surface area contributed by atoms with E-state index in [2.05, 4.69) is 42.5 Å². The molecule has 0 aliphatic heterocycles. The zero-order valence-corrected chi connectivity index (χ0v) is 20.1. The third-order valence-electron chi connectivity index (χ3n) is 5.39. The van der Waals surface area contributed by atoms with E-state index in [1.165, 1.54) is 12.3 Å². The lowest BCUT2D eigenvalue weighted by Crippen LogP contribution is -2.12. The molecular formula is C27H20ClN7O2. The Morgan fingerprint density at radius 2 is 1.73 bits per heavy atom. The van der Waals surface area contributed by atoms with E-state index in [-0.39, 0.29) is 11.8 Å². The molecule has 0 aliphatic rings. The number of carbonyl (C=O) groups is 2. The van der Waals surface area contributed by atoms with Crippen LogP contribution in [-0.4, -0.2) is 31.8 Å². The average Bonchev–Trinajstić information content (AvgIpc) is 3.38. The molecule has 37 heavy (non-hydrogen) atoms. The van der Waals surface area contributed by atoms with Gasteiger partial charge in [-0.25, -0.2) is 15.0 Å². The Labute approximate surface area is 216 Å². The standard InChI is InChI=1S/C27H20ClN7O2/c1-2-23(36)32-19-8-6-16(7-9-19)26(37)33-20-4-3-5-21(13-20)34-27-31-15-22(28)24(35-27)18-12-17-10-11-29-25(17)30-14-18/h2-15H,1H2,(H,29,30)(H,32,36)(H,33,37)(H,31,34,35). The fourth-order valence-corrected chi connectivity index (χ4v) is 3.80. The molecule has 3 heterocycles. The van der Waals surface area contributed by atoms with Crippen LogP contribution in [0.2, 0.25) is 5.02 Å². The number of halogens is 1. The quantitative estimate of drug-likeness (QED) is 0.206. The number of hydrogen-bond acceptors (Lipinski definition) is 6. The third kappa shape index (κ3) is 5.47. The van der Waals surface area contributed by atoms with Crippen molar-refractivity contribution in [3.63, 3.8) is 0 Å². The molecule has 0 spiro atoms. The summed E-state index contributed by atoms with van der Waals surface area (Å²) in [5.41, 5.74) is 4.35. The molecule has 0 saturated carbocycles. The molecule has 0 atom stereocenters. The highest BCUT2D eigenvalue weighted by atomic mass is 35.5. The summed E-state index contributed by atoms with van der Waals surface area (Å²) in [6.45, 7) is 3.41. The highest BCUT2D eigenvalue weighted by Crippen LogP contribution is 2.29. The average molecular weight is 510 g/mol. The maximum absolute atomic E-state index is 12.7. The van der Waals surface area contributed by atoms with Crippen molar-refractivity contribution < 1.29 is 9.59 Å². The lowest BCUT2D eigenvalue weighted by Gasteiger charge is -2.11. The lowest BCUT2D eigenvalue weighted by molar-refractivity contribution is -0.111.